The second kappa shape index (κ2) is 11.7. The fraction of sp³-hybridized carbons (Fsp3) is 0.917. The van der Waals surface area contributed by atoms with Crippen molar-refractivity contribution >= 4 is 6.29 Å². The van der Waals surface area contributed by atoms with Crippen LogP contribution >= 0.6 is 0 Å². The van der Waals surface area contributed by atoms with Crippen molar-refractivity contribution in [3.05, 3.63) is 0 Å². The van der Waals surface area contributed by atoms with E-state index < -0.39 is 0 Å². The summed E-state index contributed by atoms with van der Waals surface area (Å²) in [5, 5.41) is 0. The Morgan fingerprint density at radius 3 is 1.69 bits per heavy atom. The summed E-state index contributed by atoms with van der Waals surface area (Å²) in [7, 11) is 0. The zero-order valence-electron chi connectivity index (χ0n) is 8.98. The lowest BCUT2D eigenvalue weighted by Gasteiger charge is -1.99. The van der Waals surface area contributed by atoms with Gasteiger partial charge in [0.15, 0.2) is 6.29 Å². The number of hydrogen-bond acceptors (Lipinski definition) is 1. The van der Waals surface area contributed by atoms with E-state index in [0.717, 1.165) is 6.42 Å². The van der Waals surface area contributed by atoms with Crippen LogP contribution in [0.2, 0.25) is 0 Å². The van der Waals surface area contributed by atoms with E-state index in [1.54, 1.807) is 0 Å². The molecule has 1 nitrogen and oxygen atoms in total. The first kappa shape index (κ1) is 12.7. The first-order valence-electron chi connectivity index (χ1n) is 5.76. The number of carbonyl (C=O) groups excluding carboxylic acids is 1. The Labute approximate surface area is 82.9 Å². The average Bonchev–Trinajstić information content (AvgIpc) is 2.16. The molecule has 0 aliphatic carbocycles. The number of hydrogen-bond donors (Lipinski definition) is 0. The summed E-state index contributed by atoms with van der Waals surface area (Å²) in [6.45, 7) is 2.25. The van der Waals surface area contributed by atoms with Crippen molar-refractivity contribution in [3.8, 4) is 0 Å². The highest BCUT2D eigenvalue weighted by Crippen LogP contribution is 2.09. The Balaban J connectivity index is 2.79. The predicted octanol–water partition coefficient (Wildman–Crippen LogP) is 4.02. The molecule has 0 aliphatic heterocycles. The molecule has 77 valence electrons. The lowest BCUT2D eigenvalue weighted by atomic mass is 10.1. The van der Waals surface area contributed by atoms with Crippen LogP contribution in [-0.2, 0) is 4.79 Å². The van der Waals surface area contributed by atoms with Crippen molar-refractivity contribution in [2.24, 2.45) is 0 Å². The second-order valence-corrected chi connectivity index (χ2v) is 3.72. The summed E-state index contributed by atoms with van der Waals surface area (Å²) in [5.74, 6) is 0. The molecule has 0 fully saturated rings. The average molecular weight is 183 g/mol. The van der Waals surface area contributed by atoms with Gasteiger partial charge in [0.1, 0.15) is 0 Å². The second-order valence-electron chi connectivity index (χ2n) is 3.72. The predicted molar refractivity (Wildman–Crippen MR) is 57.5 cm³/mol. The smallest absolute Gasteiger partial charge is 0.198 e. The molecule has 0 unspecified atom stereocenters. The first-order chi connectivity index (χ1) is 6.41. The lowest BCUT2D eigenvalue weighted by molar-refractivity contribution is 0.538. The van der Waals surface area contributed by atoms with E-state index in [-0.39, 0.29) is 0 Å². The van der Waals surface area contributed by atoms with Crippen LogP contribution < -0.4 is 0 Å². The molecule has 0 aromatic heterocycles. The van der Waals surface area contributed by atoms with Gasteiger partial charge in [-0.05, 0) is 6.42 Å². The molecule has 0 rings (SSSR count). The van der Waals surface area contributed by atoms with E-state index in [0.29, 0.717) is 6.42 Å². The van der Waals surface area contributed by atoms with Crippen LogP contribution in [0.4, 0.5) is 0 Å². The van der Waals surface area contributed by atoms with Crippen molar-refractivity contribution < 1.29 is 4.79 Å². The van der Waals surface area contributed by atoms with E-state index in [9.17, 15) is 4.79 Å². The molecular formula is C12H23O. The lowest BCUT2D eigenvalue weighted by Crippen LogP contribution is -1.81. The van der Waals surface area contributed by atoms with E-state index in [1.165, 1.54) is 51.4 Å². The standard InChI is InChI=1S/C12H23O/c1-2-3-4-5-6-7-8-9-10-11-12-13/h2-11H2,1H3. The van der Waals surface area contributed by atoms with Crippen molar-refractivity contribution in [3.63, 3.8) is 0 Å². The summed E-state index contributed by atoms with van der Waals surface area (Å²) in [6, 6.07) is 0. The third-order valence-electron chi connectivity index (χ3n) is 2.38. The first-order valence-corrected chi connectivity index (χ1v) is 5.76. The minimum atomic E-state index is 0.635. The molecule has 0 N–H and O–H groups in total. The maximum absolute atomic E-state index is 9.89. The molecule has 0 amide bonds. The Kier molecular flexibility index (Phi) is 11.4. The van der Waals surface area contributed by atoms with Crippen LogP contribution in [-0.4, -0.2) is 6.29 Å². The van der Waals surface area contributed by atoms with Gasteiger partial charge in [-0.1, -0.05) is 58.3 Å². The molecule has 0 aromatic rings. The van der Waals surface area contributed by atoms with Crippen LogP contribution in [0, 0.1) is 0 Å². The van der Waals surface area contributed by atoms with Crippen LogP contribution in [0.3, 0.4) is 0 Å². The number of unbranched alkanes of at least 4 members (excludes halogenated alkanes) is 9. The van der Waals surface area contributed by atoms with Gasteiger partial charge in [-0.25, -0.2) is 0 Å². The summed E-state index contributed by atoms with van der Waals surface area (Å²) < 4.78 is 0. The summed E-state index contributed by atoms with van der Waals surface area (Å²) >= 11 is 0. The largest absolute Gasteiger partial charge is 0.291 e. The SMILES string of the molecule is CCCCCCCCCCC[C]=O. The highest BCUT2D eigenvalue weighted by Gasteiger charge is 1.91. The molecule has 13 heavy (non-hydrogen) atoms. The highest BCUT2D eigenvalue weighted by molar-refractivity contribution is 5.50. The van der Waals surface area contributed by atoms with Crippen LogP contribution in [0.15, 0.2) is 0 Å². The monoisotopic (exact) mass is 183 g/mol. The van der Waals surface area contributed by atoms with Gasteiger partial charge in [-0.2, -0.15) is 0 Å². The van der Waals surface area contributed by atoms with Gasteiger partial charge in [0, 0.05) is 6.42 Å². The molecule has 0 bridgehead atoms. The van der Waals surface area contributed by atoms with E-state index in [2.05, 4.69) is 6.92 Å². The van der Waals surface area contributed by atoms with Crippen molar-refractivity contribution in [1.29, 1.82) is 0 Å². The Morgan fingerprint density at radius 2 is 1.23 bits per heavy atom. The van der Waals surface area contributed by atoms with E-state index in [1.807, 2.05) is 6.29 Å². The van der Waals surface area contributed by atoms with Crippen molar-refractivity contribution in [2.45, 2.75) is 71.1 Å². The van der Waals surface area contributed by atoms with Gasteiger partial charge in [0.05, 0.1) is 0 Å². The third kappa shape index (κ3) is 11.7. The van der Waals surface area contributed by atoms with Gasteiger partial charge in [-0.15, -0.1) is 0 Å². The van der Waals surface area contributed by atoms with Crippen LogP contribution in [0.25, 0.3) is 0 Å². The zero-order valence-corrected chi connectivity index (χ0v) is 8.98. The fourth-order valence-corrected chi connectivity index (χ4v) is 1.51. The Bertz CT molecular complexity index is 99.3. The van der Waals surface area contributed by atoms with Crippen molar-refractivity contribution in [2.75, 3.05) is 0 Å². The molecule has 0 saturated carbocycles. The molecule has 1 heteroatoms. The maximum Gasteiger partial charge on any atom is 0.198 e. The quantitative estimate of drug-likeness (QED) is 0.467. The molecule has 0 heterocycles. The van der Waals surface area contributed by atoms with Crippen LogP contribution in [0.1, 0.15) is 71.1 Å². The highest BCUT2D eigenvalue weighted by atomic mass is 16.1. The van der Waals surface area contributed by atoms with E-state index >= 15 is 0 Å². The Morgan fingerprint density at radius 1 is 0.769 bits per heavy atom. The fourth-order valence-electron chi connectivity index (χ4n) is 1.51. The minimum Gasteiger partial charge on any atom is -0.291 e. The molecule has 1 radical (unpaired) electrons. The summed E-state index contributed by atoms with van der Waals surface area (Å²) in [4.78, 5) is 9.89. The summed E-state index contributed by atoms with van der Waals surface area (Å²) in [6.07, 6.45) is 14.4. The molecule has 0 atom stereocenters. The van der Waals surface area contributed by atoms with Crippen molar-refractivity contribution in [1.82, 2.24) is 0 Å². The van der Waals surface area contributed by atoms with E-state index in [4.69, 9.17) is 0 Å². The molecule has 0 spiro atoms. The molecule has 0 saturated heterocycles. The zero-order chi connectivity index (χ0) is 9.78. The molecule has 0 aliphatic rings. The van der Waals surface area contributed by atoms with Crippen LogP contribution in [0.5, 0.6) is 0 Å². The topological polar surface area (TPSA) is 17.1 Å². The van der Waals surface area contributed by atoms with Gasteiger partial charge in [0.25, 0.3) is 0 Å². The normalized spacial score (nSPS) is 10.2. The van der Waals surface area contributed by atoms with Gasteiger partial charge in [-0.3, -0.25) is 4.79 Å². The minimum absolute atomic E-state index is 0.635. The van der Waals surface area contributed by atoms with Gasteiger partial charge in [0.2, 0.25) is 0 Å². The maximum atomic E-state index is 9.89. The van der Waals surface area contributed by atoms with Gasteiger partial charge >= 0.3 is 0 Å². The third-order valence-corrected chi connectivity index (χ3v) is 2.38. The molecule has 0 aromatic carbocycles. The van der Waals surface area contributed by atoms with Gasteiger partial charge < -0.3 is 0 Å². The summed E-state index contributed by atoms with van der Waals surface area (Å²) in [5.41, 5.74) is 0. The Hall–Kier alpha value is -0.330. The number of rotatable bonds is 10. The molecular weight excluding hydrogens is 160 g/mol.